The predicted octanol–water partition coefficient (Wildman–Crippen LogP) is 3.89. The number of carbonyl (C=O) groups is 1. The first-order chi connectivity index (χ1) is 14.5. The summed E-state index contributed by atoms with van der Waals surface area (Å²) in [6.07, 6.45) is 1.79. The number of aryl methyl sites for hydroxylation is 1. The molecule has 30 heavy (non-hydrogen) atoms. The number of anilines is 1. The minimum atomic E-state index is -0.327. The number of thiazole rings is 1. The maximum Gasteiger partial charge on any atom is 0.320 e. The minimum Gasteiger partial charge on any atom is -0.481 e. The van der Waals surface area contributed by atoms with Crippen LogP contribution in [-0.2, 0) is 4.74 Å². The van der Waals surface area contributed by atoms with E-state index in [1.54, 1.807) is 4.90 Å². The molecule has 3 aromatic rings. The number of halogens is 1. The molecule has 4 rings (SSSR count). The molecule has 1 amide bonds. The molecule has 10 heteroatoms. The third-order valence-electron chi connectivity index (χ3n) is 4.82. The molecular formula is C20H21ClN4O4S. The van der Waals surface area contributed by atoms with Crippen LogP contribution in [0.3, 0.4) is 0 Å². The van der Waals surface area contributed by atoms with Crippen molar-refractivity contribution in [2.45, 2.75) is 25.9 Å². The molecule has 1 atom stereocenters. The molecule has 1 saturated heterocycles. The van der Waals surface area contributed by atoms with Gasteiger partial charge in [0.25, 0.3) is 5.91 Å². The molecule has 0 spiro atoms. The zero-order valence-corrected chi connectivity index (χ0v) is 18.4. The molecule has 3 heterocycles. The van der Waals surface area contributed by atoms with Crippen molar-refractivity contribution < 1.29 is 19.0 Å². The van der Waals surface area contributed by atoms with E-state index >= 15 is 0 Å². The second-order valence-electron chi connectivity index (χ2n) is 6.90. The van der Waals surface area contributed by atoms with E-state index in [-0.39, 0.29) is 29.6 Å². The van der Waals surface area contributed by atoms with Crippen LogP contribution in [0.1, 0.15) is 28.9 Å². The van der Waals surface area contributed by atoms with E-state index < -0.39 is 0 Å². The highest BCUT2D eigenvalue weighted by atomic mass is 35.5. The van der Waals surface area contributed by atoms with Gasteiger partial charge in [0.05, 0.1) is 37.1 Å². The van der Waals surface area contributed by atoms with Crippen molar-refractivity contribution in [3.8, 4) is 11.9 Å². The molecule has 0 radical (unpaired) electrons. The lowest BCUT2D eigenvalue weighted by Crippen LogP contribution is -2.38. The molecule has 1 aliphatic rings. The maximum atomic E-state index is 13.5. The number of methoxy groups -OCH3 is 2. The fraction of sp³-hybridized carbons (Fsp3) is 0.400. The summed E-state index contributed by atoms with van der Waals surface area (Å²) < 4.78 is 17.0. The number of benzene rings is 1. The molecule has 2 aromatic heterocycles. The SMILES string of the molecule is COc1cc(C(=O)N(CC2CCCO2)c2nc3c(C)cc(Cl)cc3s2)nc(OC)n1. The highest BCUT2D eigenvalue weighted by Gasteiger charge is 2.29. The van der Waals surface area contributed by atoms with E-state index in [4.69, 9.17) is 30.8 Å². The summed E-state index contributed by atoms with van der Waals surface area (Å²) in [7, 11) is 2.91. The Kier molecular flexibility index (Phi) is 6.03. The summed E-state index contributed by atoms with van der Waals surface area (Å²) in [5.74, 6) is -0.0819. The van der Waals surface area contributed by atoms with Crippen molar-refractivity contribution >= 4 is 44.2 Å². The molecule has 1 unspecified atom stereocenters. The fourth-order valence-corrected chi connectivity index (χ4v) is 4.77. The summed E-state index contributed by atoms with van der Waals surface area (Å²) >= 11 is 7.62. The van der Waals surface area contributed by atoms with E-state index in [2.05, 4.69) is 9.97 Å². The molecule has 158 valence electrons. The van der Waals surface area contributed by atoms with Crippen LogP contribution in [0.25, 0.3) is 10.2 Å². The Morgan fingerprint density at radius 3 is 2.80 bits per heavy atom. The van der Waals surface area contributed by atoms with Gasteiger partial charge < -0.3 is 14.2 Å². The number of ether oxygens (including phenoxy) is 3. The van der Waals surface area contributed by atoms with E-state index in [1.165, 1.54) is 31.6 Å². The van der Waals surface area contributed by atoms with Gasteiger partial charge in [0.1, 0.15) is 5.69 Å². The Labute approximate surface area is 182 Å². The molecule has 0 saturated carbocycles. The molecular weight excluding hydrogens is 428 g/mol. The summed E-state index contributed by atoms with van der Waals surface area (Å²) in [6.45, 7) is 3.01. The van der Waals surface area contributed by atoms with Crippen molar-refractivity contribution in [2.24, 2.45) is 0 Å². The Bertz CT molecular complexity index is 1060. The monoisotopic (exact) mass is 448 g/mol. The summed E-state index contributed by atoms with van der Waals surface area (Å²) in [5.41, 5.74) is 1.93. The highest BCUT2D eigenvalue weighted by Crippen LogP contribution is 2.34. The second-order valence-corrected chi connectivity index (χ2v) is 8.34. The van der Waals surface area contributed by atoms with Crippen molar-refractivity contribution in [3.63, 3.8) is 0 Å². The molecule has 0 N–H and O–H groups in total. The normalized spacial score (nSPS) is 16.1. The fourth-order valence-electron chi connectivity index (χ4n) is 3.35. The van der Waals surface area contributed by atoms with Crippen LogP contribution in [0, 0.1) is 6.92 Å². The van der Waals surface area contributed by atoms with Crippen molar-refractivity contribution in [2.75, 3.05) is 32.3 Å². The van der Waals surface area contributed by atoms with Crippen LogP contribution >= 0.6 is 22.9 Å². The molecule has 8 nitrogen and oxygen atoms in total. The number of carbonyl (C=O) groups excluding carboxylic acids is 1. The number of fused-ring (bicyclic) bond motifs is 1. The van der Waals surface area contributed by atoms with Crippen LogP contribution < -0.4 is 14.4 Å². The molecule has 0 bridgehead atoms. The zero-order chi connectivity index (χ0) is 21.3. The number of amides is 1. The van der Waals surface area contributed by atoms with Crippen LogP contribution in [0.15, 0.2) is 18.2 Å². The van der Waals surface area contributed by atoms with Gasteiger partial charge >= 0.3 is 6.01 Å². The predicted molar refractivity (Wildman–Crippen MR) is 115 cm³/mol. The quantitative estimate of drug-likeness (QED) is 0.565. The lowest BCUT2D eigenvalue weighted by Gasteiger charge is -2.22. The average molecular weight is 449 g/mol. The van der Waals surface area contributed by atoms with E-state index in [9.17, 15) is 4.79 Å². The molecule has 1 fully saturated rings. The lowest BCUT2D eigenvalue weighted by molar-refractivity contribution is 0.0912. The van der Waals surface area contributed by atoms with Gasteiger partial charge in [0, 0.05) is 17.7 Å². The van der Waals surface area contributed by atoms with Gasteiger partial charge in [-0.25, -0.2) is 4.98 Å². The van der Waals surface area contributed by atoms with Gasteiger partial charge in [-0.3, -0.25) is 9.69 Å². The smallest absolute Gasteiger partial charge is 0.320 e. The average Bonchev–Trinajstić information content (AvgIpc) is 3.40. The zero-order valence-electron chi connectivity index (χ0n) is 16.8. The number of nitrogens with zero attached hydrogens (tertiary/aromatic N) is 4. The Morgan fingerprint density at radius 2 is 2.10 bits per heavy atom. The van der Waals surface area contributed by atoms with Crippen LogP contribution in [0.4, 0.5) is 5.13 Å². The van der Waals surface area contributed by atoms with Crippen molar-refractivity contribution in [1.29, 1.82) is 0 Å². The maximum absolute atomic E-state index is 13.5. The molecule has 1 aromatic carbocycles. The molecule has 0 aliphatic carbocycles. The number of hydrogen-bond donors (Lipinski definition) is 0. The molecule has 1 aliphatic heterocycles. The topological polar surface area (TPSA) is 86.7 Å². The third-order valence-corrected chi connectivity index (χ3v) is 6.06. The van der Waals surface area contributed by atoms with Crippen molar-refractivity contribution in [1.82, 2.24) is 15.0 Å². The summed E-state index contributed by atoms with van der Waals surface area (Å²) in [6, 6.07) is 5.26. The first-order valence-electron chi connectivity index (χ1n) is 9.45. The highest BCUT2D eigenvalue weighted by molar-refractivity contribution is 7.22. The first-order valence-corrected chi connectivity index (χ1v) is 10.6. The van der Waals surface area contributed by atoms with E-state index in [0.29, 0.717) is 23.3 Å². The summed E-state index contributed by atoms with van der Waals surface area (Å²) in [5, 5.41) is 1.20. The van der Waals surface area contributed by atoms with Crippen LogP contribution in [-0.4, -0.2) is 54.3 Å². The van der Waals surface area contributed by atoms with Crippen LogP contribution in [0.5, 0.6) is 11.9 Å². The van der Waals surface area contributed by atoms with Gasteiger partial charge in [0.2, 0.25) is 5.88 Å². The Hall–Kier alpha value is -2.49. The van der Waals surface area contributed by atoms with Crippen LogP contribution in [0.2, 0.25) is 5.02 Å². The number of hydrogen-bond acceptors (Lipinski definition) is 8. The Morgan fingerprint density at radius 1 is 1.27 bits per heavy atom. The largest absolute Gasteiger partial charge is 0.481 e. The summed E-state index contributed by atoms with van der Waals surface area (Å²) in [4.78, 5) is 28.1. The van der Waals surface area contributed by atoms with Crippen molar-refractivity contribution in [3.05, 3.63) is 34.5 Å². The second kappa shape index (κ2) is 8.71. The van der Waals surface area contributed by atoms with Gasteiger partial charge in [-0.1, -0.05) is 22.9 Å². The van der Waals surface area contributed by atoms with E-state index in [1.807, 2.05) is 19.1 Å². The standard InChI is InChI=1S/C20H21ClN4O4S/c1-11-7-12(21)8-15-17(11)24-20(30-15)25(10-13-5-4-6-29-13)18(26)14-9-16(27-2)23-19(22-14)28-3/h7-9,13H,4-6,10H2,1-3H3. The van der Waals surface area contributed by atoms with E-state index in [0.717, 1.165) is 28.6 Å². The van der Waals surface area contributed by atoms with Gasteiger partial charge in [0.15, 0.2) is 5.13 Å². The van der Waals surface area contributed by atoms with Gasteiger partial charge in [-0.15, -0.1) is 0 Å². The Balaban J connectivity index is 1.76. The minimum absolute atomic E-state index is 0.0571. The lowest BCUT2D eigenvalue weighted by atomic mass is 10.2. The number of rotatable bonds is 6. The first kappa shape index (κ1) is 20.8. The number of aromatic nitrogens is 3. The third kappa shape index (κ3) is 4.19. The van der Waals surface area contributed by atoms with Gasteiger partial charge in [-0.2, -0.15) is 9.97 Å². The van der Waals surface area contributed by atoms with Gasteiger partial charge in [-0.05, 0) is 37.5 Å².